The van der Waals surface area contributed by atoms with Crippen molar-refractivity contribution >= 4 is 11.8 Å². The molecule has 1 saturated carbocycles. The van der Waals surface area contributed by atoms with Crippen molar-refractivity contribution in [3.63, 3.8) is 0 Å². The first-order valence-corrected chi connectivity index (χ1v) is 5.69. The number of hydrogen-bond donors (Lipinski definition) is 3. The molecule has 16 heavy (non-hydrogen) atoms. The maximum Gasteiger partial charge on any atom is 0.239 e. The first-order chi connectivity index (χ1) is 7.43. The molecule has 5 nitrogen and oxygen atoms in total. The third-order valence-corrected chi connectivity index (χ3v) is 2.97. The third-order valence-electron chi connectivity index (χ3n) is 2.97. The van der Waals surface area contributed by atoms with E-state index in [1.165, 1.54) is 0 Å². The summed E-state index contributed by atoms with van der Waals surface area (Å²) >= 11 is 0. The molecule has 0 heterocycles. The molecule has 1 aliphatic carbocycles. The quantitative estimate of drug-likeness (QED) is 0.619. The summed E-state index contributed by atoms with van der Waals surface area (Å²) < 4.78 is 0. The Bertz CT molecular complexity index is 276. The summed E-state index contributed by atoms with van der Waals surface area (Å²) in [5, 5.41) is 5.37. The van der Waals surface area contributed by atoms with Gasteiger partial charge in [0.2, 0.25) is 11.8 Å². The van der Waals surface area contributed by atoms with Gasteiger partial charge in [0.25, 0.3) is 0 Å². The molecule has 1 rings (SSSR count). The lowest BCUT2D eigenvalue weighted by Gasteiger charge is -2.17. The maximum absolute atomic E-state index is 11.5. The standard InChI is InChI=1S/C11H21N3O2/c1-11(2)4-3-8(5-11)14-10(16)7-13-9(15)6-12/h8H,3-7,12H2,1-2H3,(H,13,15)(H,14,16). The maximum atomic E-state index is 11.5. The smallest absolute Gasteiger partial charge is 0.239 e. The van der Waals surface area contributed by atoms with Crippen molar-refractivity contribution in [2.45, 2.75) is 39.2 Å². The van der Waals surface area contributed by atoms with Crippen molar-refractivity contribution in [2.75, 3.05) is 13.1 Å². The molecule has 0 radical (unpaired) electrons. The fourth-order valence-corrected chi connectivity index (χ4v) is 2.09. The highest BCUT2D eigenvalue weighted by Gasteiger charge is 2.31. The summed E-state index contributed by atoms with van der Waals surface area (Å²) in [7, 11) is 0. The number of rotatable bonds is 4. The van der Waals surface area contributed by atoms with E-state index in [1.807, 2.05) is 0 Å². The van der Waals surface area contributed by atoms with Crippen LogP contribution in [0.4, 0.5) is 0 Å². The van der Waals surface area contributed by atoms with E-state index in [-0.39, 0.29) is 30.9 Å². The zero-order valence-corrected chi connectivity index (χ0v) is 10.0. The van der Waals surface area contributed by atoms with Gasteiger partial charge in [-0.05, 0) is 24.7 Å². The largest absolute Gasteiger partial charge is 0.352 e. The summed E-state index contributed by atoms with van der Waals surface area (Å²) in [5.74, 6) is -0.439. The molecule has 92 valence electrons. The monoisotopic (exact) mass is 227 g/mol. The van der Waals surface area contributed by atoms with Gasteiger partial charge in [0.1, 0.15) is 0 Å². The molecule has 0 aliphatic heterocycles. The highest BCUT2D eigenvalue weighted by molar-refractivity contribution is 5.85. The Balaban J connectivity index is 2.23. The number of carbonyl (C=O) groups excluding carboxylic acids is 2. The molecule has 0 aromatic rings. The molecule has 1 atom stereocenters. The Hall–Kier alpha value is -1.10. The Kier molecular flexibility index (Phi) is 4.29. The van der Waals surface area contributed by atoms with Gasteiger partial charge in [-0.15, -0.1) is 0 Å². The van der Waals surface area contributed by atoms with Crippen LogP contribution in [0, 0.1) is 5.41 Å². The number of hydrogen-bond acceptors (Lipinski definition) is 3. The molecule has 0 bridgehead atoms. The van der Waals surface area contributed by atoms with Crippen LogP contribution in [-0.4, -0.2) is 30.9 Å². The molecular weight excluding hydrogens is 206 g/mol. The van der Waals surface area contributed by atoms with Crippen LogP contribution in [0.3, 0.4) is 0 Å². The van der Waals surface area contributed by atoms with Gasteiger partial charge in [-0.1, -0.05) is 13.8 Å². The Labute approximate surface area is 96.1 Å². The Morgan fingerprint density at radius 3 is 2.56 bits per heavy atom. The van der Waals surface area contributed by atoms with E-state index in [0.717, 1.165) is 19.3 Å². The van der Waals surface area contributed by atoms with Crippen LogP contribution in [0.2, 0.25) is 0 Å². The second-order valence-electron chi connectivity index (χ2n) is 5.15. The Morgan fingerprint density at radius 1 is 1.38 bits per heavy atom. The number of nitrogens with two attached hydrogens (primary N) is 1. The van der Waals surface area contributed by atoms with Crippen molar-refractivity contribution in [1.82, 2.24) is 10.6 Å². The highest BCUT2D eigenvalue weighted by atomic mass is 16.2. The SMILES string of the molecule is CC1(C)CCC(NC(=O)CNC(=O)CN)C1. The van der Waals surface area contributed by atoms with Crippen molar-refractivity contribution < 1.29 is 9.59 Å². The van der Waals surface area contributed by atoms with Crippen LogP contribution < -0.4 is 16.4 Å². The van der Waals surface area contributed by atoms with Crippen LogP contribution in [0.25, 0.3) is 0 Å². The van der Waals surface area contributed by atoms with E-state index in [0.29, 0.717) is 5.41 Å². The Morgan fingerprint density at radius 2 is 2.06 bits per heavy atom. The zero-order chi connectivity index (χ0) is 12.2. The van der Waals surface area contributed by atoms with Crippen LogP contribution in [-0.2, 0) is 9.59 Å². The van der Waals surface area contributed by atoms with Gasteiger partial charge < -0.3 is 16.4 Å². The van der Waals surface area contributed by atoms with Crippen molar-refractivity contribution in [1.29, 1.82) is 0 Å². The molecule has 0 aromatic heterocycles. The van der Waals surface area contributed by atoms with E-state index in [4.69, 9.17) is 5.73 Å². The van der Waals surface area contributed by atoms with Gasteiger partial charge in [0.15, 0.2) is 0 Å². The minimum absolute atomic E-state index is 0.0208. The van der Waals surface area contributed by atoms with Gasteiger partial charge in [0.05, 0.1) is 13.1 Å². The van der Waals surface area contributed by atoms with Gasteiger partial charge in [0, 0.05) is 6.04 Å². The van der Waals surface area contributed by atoms with Crippen LogP contribution in [0.15, 0.2) is 0 Å². The van der Waals surface area contributed by atoms with Crippen LogP contribution in [0.1, 0.15) is 33.1 Å². The molecule has 0 aromatic carbocycles. The molecule has 0 saturated heterocycles. The molecule has 1 unspecified atom stereocenters. The van der Waals surface area contributed by atoms with Crippen molar-refractivity contribution in [2.24, 2.45) is 11.1 Å². The molecular formula is C11H21N3O2. The average molecular weight is 227 g/mol. The lowest BCUT2D eigenvalue weighted by Crippen LogP contribution is -2.42. The number of amides is 2. The molecule has 5 heteroatoms. The molecule has 0 spiro atoms. The van der Waals surface area contributed by atoms with Crippen molar-refractivity contribution in [3.05, 3.63) is 0 Å². The predicted octanol–water partition coefficient (Wildman–Crippen LogP) is -0.244. The zero-order valence-electron chi connectivity index (χ0n) is 10.0. The second kappa shape index (κ2) is 5.30. The van der Waals surface area contributed by atoms with E-state index in [2.05, 4.69) is 24.5 Å². The summed E-state index contributed by atoms with van der Waals surface area (Å²) in [6, 6.07) is 0.247. The summed E-state index contributed by atoms with van der Waals surface area (Å²) in [4.78, 5) is 22.3. The average Bonchev–Trinajstić information content (AvgIpc) is 2.54. The number of nitrogens with one attached hydrogen (secondary N) is 2. The highest BCUT2D eigenvalue weighted by Crippen LogP contribution is 2.36. The summed E-state index contributed by atoms with van der Waals surface area (Å²) in [6.07, 6.45) is 3.15. The first kappa shape index (κ1) is 13.0. The van der Waals surface area contributed by atoms with Crippen LogP contribution >= 0.6 is 0 Å². The molecule has 1 fully saturated rings. The van der Waals surface area contributed by atoms with Gasteiger partial charge in [-0.3, -0.25) is 9.59 Å². The minimum atomic E-state index is -0.304. The van der Waals surface area contributed by atoms with E-state index >= 15 is 0 Å². The van der Waals surface area contributed by atoms with Gasteiger partial charge >= 0.3 is 0 Å². The second-order valence-corrected chi connectivity index (χ2v) is 5.15. The fourth-order valence-electron chi connectivity index (χ4n) is 2.09. The minimum Gasteiger partial charge on any atom is -0.352 e. The normalized spacial score (nSPS) is 22.8. The lowest BCUT2D eigenvalue weighted by molar-refractivity contribution is -0.125. The summed E-state index contributed by atoms with van der Waals surface area (Å²) in [5.41, 5.74) is 5.43. The number of carbonyl (C=O) groups is 2. The van der Waals surface area contributed by atoms with Crippen molar-refractivity contribution in [3.8, 4) is 0 Å². The predicted molar refractivity (Wildman–Crippen MR) is 61.6 cm³/mol. The fraction of sp³-hybridized carbons (Fsp3) is 0.818. The summed E-state index contributed by atoms with van der Waals surface area (Å²) in [6.45, 7) is 4.35. The third kappa shape index (κ3) is 4.18. The van der Waals surface area contributed by atoms with Gasteiger partial charge in [-0.25, -0.2) is 0 Å². The van der Waals surface area contributed by atoms with E-state index < -0.39 is 0 Å². The van der Waals surface area contributed by atoms with Crippen LogP contribution in [0.5, 0.6) is 0 Å². The molecule has 2 amide bonds. The van der Waals surface area contributed by atoms with E-state index in [9.17, 15) is 9.59 Å². The molecule has 4 N–H and O–H groups in total. The topological polar surface area (TPSA) is 84.2 Å². The molecule has 1 aliphatic rings. The van der Waals surface area contributed by atoms with Gasteiger partial charge in [-0.2, -0.15) is 0 Å². The lowest BCUT2D eigenvalue weighted by atomic mass is 9.92. The van der Waals surface area contributed by atoms with E-state index in [1.54, 1.807) is 0 Å². The first-order valence-electron chi connectivity index (χ1n) is 5.69.